The fourth-order valence-corrected chi connectivity index (χ4v) is 1.75. The number of rotatable bonds is 5. The molecule has 0 saturated heterocycles. The maximum atomic E-state index is 12.2. The van der Waals surface area contributed by atoms with Gasteiger partial charge in [-0.15, -0.1) is 0 Å². The number of hydrogen-bond acceptors (Lipinski definition) is 6. The van der Waals surface area contributed by atoms with E-state index in [0.717, 1.165) is 0 Å². The van der Waals surface area contributed by atoms with E-state index >= 15 is 0 Å². The zero-order valence-electron chi connectivity index (χ0n) is 11.6. The van der Waals surface area contributed by atoms with Crippen LogP contribution in [0.5, 0.6) is 5.75 Å². The molecule has 1 atom stereocenters. The molecule has 0 aromatic carbocycles. The van der Waals surface area contributed by atoms with E-state index in [2.05, 4.69) is 4.98 Å². The molecule has 0 fully saturated rings. The van der Waals surface area contributed by atoms with Crippen LogP contribution in [0.1, 0.15) is 19.5 Å². The van der Waals surface area contributed by atoms with E-state index in [0.29, 0.717) is 11.4 Å². The number of esters is 1. The molecule has 1 aromatic rings. The molecule has 20 heavy (non-hydrogen) atoms. The standard InChI is InChI=1S/C14H15N3O3/c1-4-20-13(18)14(2,10(7-15)8-16)12-6-5-11(19-3)9-17-12/h5-6,9-10H,4H2,1-3H3/t14-/m0/s1. The van der Waals surface area contributed by atoms with Crippen LogP contribution in [-0.2, 0) is 14.9 Å². The average molecular weight is 273 g/mol. The first-order valence-corrected chi connectivity index (χ1v) is 6.01. The van der Waals surface area contributed by atoms with Crippen LogP contribution in [0.15, 0.2) is 18.3 Å². The van der Waals surface area contributed by atoms with Crippen LogP contribution in [0.25, 0.3) is 0 Å². The van der Waals surface area contributed by atoms with E-state index < -0.39 is 17.3 Å². The number of ether oxygens (including phenoxy) is 2. The van der Waals surface area contributed by atoms with Gasteiger partial charge < -0.3 is 9.47 Å². The number of pyridine rings is 1. The predicted molar refractivity (Wildman–Crippen MR) is 69.5 cm³/mol. The monoisotopic (exact) mass is 273 g/mol. The van der Waals surface area contributed by atoms with Crippen LogP contribution in [0.4, 0.5) is 0 Å². The summed E-state index contributed by atoms with van der Waals surface area (Å²) in [5, 5.41) is 18.2. The SMILES string of the molecule is CCOC(=O)[C@](C)(c1ccc(OC)cn1)C(C#N)C#N. The summed E-state index contributed by atoms with van der Waals surface area (Å²) in [6.45, 7) is 3.30. The maximum Gasteiger partial charge on any atom is 0.320 e. The molecule has 1 aromatic heterocycles. The van der Waals surface area contributed by atoms with E-state index in [1.807, 2.05) is 12.1 Å². The Hall–Kier alpha value is -2.60. The summed E-state index contributed by atoms with van der Waals surface area (Å²) in [5.41, 5.74) is -1.14. The van der Waals surface area contributed by atoms with Crippen molar-refractivity contribution in [3.8, 4) is 17.9 Å². The molecule has 104 valence electrons. The van der Waals surface area contributed by atoms with E-state index in [1.165, 1.54) is 20.2 Å². The number of nitriles is 2. The quantitative estimate of drug-likeness (QED) is 0.755. The Balaban J connectivity index is 3.33. The Morgan fingerprint density at radius 1 is 1.45 bits per heavy atom. The highest BCUT2D eigenvalue weighted by Crippen LogP contribution is 2.32. The van der Waals surface area contributed by atoms with Gasteiger partial charge in [-0.25, -0.2) is 0 Å². The first kappa shape index (κ1) is 15.5. The summed E-state index contributed by atoms with van der Waals surface area (Å²) in [7, 11) is 1.49. The third-order valence-electron chi connectivity index (χ3n) is 3.04. The molecule has 0 spiro atoms. The summed E-state index contributed by atoms with van der Waals surface area (Å²) in [6, 6.07) is 6.82. The van der Waals surface area contributed by atoms with Gasteiger partial charge in [0.2, 0.25) is 0 Å². The molecular weight excluding hydrogens is 258 g/mol. The van der Waals surface area contributed by atoms with Gasteiger partial charge in [-0.05, 0) is 26.0 Å². The highest BCUT2D eigenvalue weighted by molar-refractivity contribution is 5.83. The molecule has 0 radical (unpaired) electrons. The van der Waals surface area contributed by atoms with Crippen LogP contribution in [0.3, 0.4) is 0 Å². The molecule has 0 bridgehead atoms. The van der Waals surface area contributed by atoms with Crippen molar-refractivity contribution >= 4 is 5.97 Å². The van der Waals surface area contributed by atoms with Gasteiger partial charge in [0.1, 0.15) is 11.2 Å². The number of carbonyl (C=O) groups is 1. The summed E-state index contributed by atoms with van der Waals surface area (Å²) in [5.74, 6) is -1.32. The third kappa shape index (κ3) is 2.70. The van der Waals surface area contributed by atoms with E-state index in [1.54, 1.807) is 19.1 Å². The minimum Gasteiger partial charge on any atom is -0.495 e. The lowest BCUT2D eigenvalue weighted by Gasteiger charge is -2.27. The third-order valence-corrected chi connectivity index (χ3v) is 3.04. The molecule has 0 N–H and O–H groups in total. The molecule has 0 aliphatic rings. The number of carbonyl (C=O) groups excluding carboxylic acids is 1. The zero-order chi connectivity index (χ0) is 15.2. The topological polar surface area (TPSA) is 96.0 Å². The van der Waals surface area contributed by atoms with Crippen LogP contribution >= 0.6 is 0 Å². The van der Waals surface area contributed by atoms with Crippen molar-refractivity contribution in [2.45, 2.75) is 19.3 Å². The van der Waals surface area contributed by atoms with Crippen LogP contribution in [0.2, 0.25) is 0 Å². The van der Waals surface area contributed by atoms with Crippen LogP contribution in [0, 0.1) is 28.6 Å². The normalized spacial score (nSPS) is 12.9. The molecule has 0 aliphatic heterocycles. The number of hydrogen-bond donors (Lipinski definition) is 0. The smallest absolute Gasteiger partial charge is 0.320 e. The fourth-order valence-electron chi connectivity index (χ4n) is 1.75. The first-order chi connectivity index (χ1) is 9.54. The molecule has 6 heteroatoms. The summed E-state index contributed by atoms with van der Waals surface area (Å²) in [4.78, 5) is 16.3. The predicted octanol–water partition coefficient (Wildman–Crippen LogP) is 1.57. The van der Waals surface area contributed by atoms with Gasteiger partial charge in [0.25, 0.3) is 0 Å². The zero-order valence-corrected chi connectivity index (χ0v) is 11.6. The molecule has 0 amide bonds. The number of methoxy groups -OCH3 is 1. The fraction of sp³-hybridized carbons (Fsp3) is 0.429. The van der Waals surface area contributed by atoms with Crippen molar-refractivity contribution < 1.29 is 14.3 Å². The van der Waals surface area contributed by atoms with Gasteiger partial charge in [-0.1, -0.05) is 0 Å². The molecule has 0 aliphatic carbocycles. The van der Waals surface area contributed by atoms with Crippen molar-refractivity contribution in [1.82, 2.24) is 4.98 Å². The van der Waals surface area contributed by atoms with Crippen molar-refractivity contribution in [1.29, 1.82) is 10.5 Å². The van der Waals surface area contributed by atoms with E-state index in [4.69, 9.17) is 20.0 Å². The summed E-state index contributed by atoms with van der Waals surface area (Å²) >= 11 is 0. The van der Waals surface area contributed by atoms with Crippen molar-refractivity contribution in [2.24, 2.45) is 5.92 Å². The molecule has 1 heterocycles. The van der Waals surface area contributed by atoms with Gasteiger partial charge in [-0.2, -0.15) is 10.5 Å². The highest BCUT2D eigenvalue weighted by Gasteiger charge is 2.46. The lowest BCUT2D eigenvalue weighted by atomic mass is 9.75. The molecule has 6 nitrogen and oxygen atoms in total. The molecule has 0 saturated carbocycles. The van der Waals surface area contributed by atoms with Gasteiger partial charge in [0.05, 0.1) is 37.7 Å². The van der Waals surface area contributed by atoms with Crippen molar-refractivity contribution in [2.75, 3.05) is 13.7 Å². The highest BCUT2D eigenvalue weighted by atomic mass is 16.5. The minimum absolute atomic E-state index is 0.161. The Morgan fingerprint density at radius 2 is 2.10 bits per heavy atom. The van der Waals surface area contributed by atoms with Crippen molar-refractivity contribution in [3.63, 3.8) is 0 Å². The van der Waals surface area contributed by atoms with Gasteiger partial charge in [-0.3, -0.25) is 9.78 Å². The second kappa shape index (κ2) is 6.53. The molecular formula is C14H15N3O3. The second-order valence-electron chi connectivity index (χ2n) is 4.20. The summed E-state index contributed by atoms with van der Waals surface area (Å²) in [6.07, 6.45) is 1.43. The maximum absolute atomic E-state index is 12.2. The largest absolute Gasteiger partial charge is 0.495 e. The average Bonchev–Trinajstić information content (AvgIpc) is 2.48. The van der Waals surface area contributed by atoms with E-state index in [9.17, 15) is 4.79 Å². The Morgan fingerprint density at radius 3 is 2.50 bits per heavy atom. The lowest BCUT2D eigenvalue weighted by molar-refractivity contribution is -0.150. The summed E-state index contributed by atoms with van der Waals surface area (Å²) < 4.78 is 9.98. The molecule has 0 unspecified atom stereocenters. The molecule has 1 rings (SSSR count). The van der Waals surface area contributed by atoms with Gasteiger partial charge in [0.15, 0.2) is 5.92 Å². The Kier molecular flexibility index (Phi) is 5.05. The number of aromatic nitrogens is 1. The lowest BCUT2D eigenvalue weighted by Crippen LogP contribution is -2.41. The number of nitrogens with zero attached hydrogens (tertiary/aromatic N) is 3. The van der Waals surface area contributed by atoms with Crippen molar-refractivity contribution in [3.05, 3.63) is 24.0 Å². The van der Waals surface area contributed by atoms with Crippen LogP contribution < -0.4 is 4.74 Å². The first-order valence-electron chi connectivity index (χ1n) is 6.01. The van der Waals surface area contributed by atoms with E-state index in [-0.39, 0.29) is 6.61 Å². The second-order valence-corrected chi connectivity index (χ2v) is 4.20. The minimum atomic E-state index is -1.44. The van der Waals surface area contributed by atoms with Gasteiger partial charge in [0, 0.05) is 0 Å². The van der Waals surface area contributed by atoms with Gasteiger partial charge >= 0.3 is 5.97 Å². The van der Waals surface area contributed by atoms with Crippen LogP contribution in [-0.4, -0.2) is 24.7 Å². The Bertz CT molecular complexity index is 543. The Labute approximate surface area is 117 Å².